The second kappa shape index (κ2) is 9.45. The van der Waals surface area contributed by atoms with E-state index in [4.69, 9.17) is 25.2 Å². The number of Topliss-reactive ketones (excluding diaryl/α,β-unsaturated/α-hetero) is 1. The summed E-state index contributed by atoms with van der Waals surface area (Å²) < 4.78 is 5.50. The quantitative estimate of drug-likeness (QED) is 0.254. The molecular formula is C28H36O8. The van der Waals surface area contributed by atoms with Gasteiger partial charge in [-0.25, -0.2) is 4.79 Å². The van der Waals surface area contributed by atoms with Crippen molar-refractivity contribution in [1.29, 1.82) is 0 Å². The molecule has 0 radical (unpaired) electrons. The maximum absolute atomic E-state index is 12.4. The number of hydrogen-bond acceptors (Lipinski definition) is 7. The minimum Gasteiger partial charge on any atom is -0.504 e. The highest BCUT2D eigenvalue weighted by atomic mass is 16.5. The third-order valence-electron chi connectivity index (χ3n) is 9.42. The molecule has 6 atom stereocenters. The van der Waals surface area contributed by atoms with Crippen LogP contribution in [0.5, 0.6) is 17.2 Å². The van der Waals surface area contributed by atoms with E-state index in [2.05, 4.69) is 19.9 Å². The van der Waals surface area contributed by atoms with E-state index in [0.29, 0.717) is 23.5 Å². The van der Waals surface area contributed by atoms with Gasteiger partial charge in [-0.2, -0.15) is 0 Å². The minimum absolute atomic E-state index is 0.0438. The Morgan fingerprint density at radius 1 is 0.972 bits per heavy atom. The van der Waals surface area contributed by atoms with Crippen molar-refractivity contribution in [1.82, 2.24) is 0 Å². The molecule has 8 heteroatoms. The summed E-state index contributed by atoms with van der Waals surface area (Å²) in [5, 5.41) is 35.0. The number of fused-ring (bicyclic) bond motifs is 5. The van der Waals surface area contributed by atoms with E-state index in [0.717, 1.165) is 57.1 Å². The van der Waals surface area contributed by atoms with E-state index < -0.39 is 23.2 Å². The first kappa shape index (κ1) is 26.0. The molecule has 0 amide bonds. The Morgan fingerprint density at radius 2 is 1.58 bits per heavy atom. The Kier molecular flexibility index (Phi) is 6.84. The van der Waals surface area contributed by atoms with Gasteiger partial charge in [0, 0.05) is 25.2 Å². The fourth-order valence-corrected chi connectivity index (χ4v) is 7.46. The predicted molar refractivity (Wildman–Crippen MR) is 131 cm³/mol. The standard InChI is InChI=1S/C21H30O3.C7H6O5/c1-13(22)24-15-8-10-20(2)14(12-15)4-5-16-17-6-7-19(23)21(17,3)11-9-18(16)20;8-4-1-3(7(11)12)2-5(9)6(4)10/h4,15-18H,5-12H2,1-3H3;1-2,8-10H,(H,11,12). The second-order valence-corrected chi connectivity index (χ2v) is 11.3. The van der Waals surface area contributed by atoms with Gasteiger partial charge in [0.2, 0.25) is 0 Å². The number of benzene rings is 1. The van der Waals surface area contributed by atoms with Crippen molar-refractivity contribution in [2.75, 3.05) is 0 Å². The number of carbonyl (C=O) groups is 3. The van der Waals surface area contributed by atoms with Crippen LogP contribution in [0.2, 0.25) is 0 Å². The smallest absolute Gasteiger partial charge is 0.335 e. The van der Waals surface area contributed by atoms with Crippen LogP contribution < -0.4 is 0 Å². The number of aromatic carboxylic acids is 1. The molecule has 0 saturated heterocycles. The average molecular weight is 501 g/mol. The first-order valence-electron chi connectivity index (χ1n) is 12.7. The monoisotopic (exact) mass is 500 g/mol. The molecule has 6 unspecified atom stereocenters. The van der Waals surface area contributed by atoms with Crippen molar-refractivity contribution in [3.63, 3.8) is 0 Å². The third-order valence-corrected chi connectivity index (χ3v) is 9.42. The van der Waals surface area contributed by atoms with E-state index in [-0.39, 0.29) is 28.5 Å². The number of ether oxygens (including phenoxy) is 1. The minimum atomic E-state index is -1.29. The molecule has 1 aromatic rings. The van der Waals surface area contributed by atoms with Crippen molar-refractivity contribution < 1.29 is 39.5 Å². The lowest BCUT2D eigenvalue weighted by Gasteiger charge is -2.56. The van der Waals surface area contributed by atoms with E-state index in [1.54, 1.807) is 0 Å². The van der Waals surface area contributed by atoms with Gasteiger partial charge in [-0.1, -0.05) is 25.5 Å². The fraction of sp³-hybridized carbons (Fsp3) is 0.607. The van der Waals surface area contributed by atoms with Gasteiger partial charge in [0.25, 0.3) is 0 Å². The molecule has 0 spiro atoms. The lowest BCUT2D eigenvalue weighted by Crippen LogP contribution is -2.50. The summed E-state index contributed by atoms with van der Waals surface area (Å²) in [6.07, 6.45) is 10.8. The first-order chi connectivity index (χ1) is 16.9. The molecule has 36 heavy (non-hydrogen) atoms. The van der Waals surface area contributed by atoms with Gasteiger partial charge >= 0.3 is 11.9 Å². The van der Waals surface area contributed by atoms with E-state index in [1.165, 1.54) is 18.9 Å². The maximum Gasteiger partial charge on any atom is 0.335 e. The Morgan fingerprint density at radius 3 is 2.19 bits per heavy atom. The predicted octanol–water partition coefficient (Wildman–Crippen LogP) is 4.95. The number of allylic oxidation sites excluding steroid dienone is 1. The normalized spacial score (nSPS) is 34.8. The van der Waals surface area contributed by atoms with Crippen molar-refractivity contribution in [3.05, 3.63) is 29.3 Å². The summed E-state index contributed by atoms with van der Waals surface area (Å²) in [5.41, 5.74) is 1.45. The molecule has 1 aromatic carbocycles. The molecule has 4 N–H and O–H groups in total. The summed E-state index contributed by atoms with van der Waals surface area (Å²) in [5.74, 6) is -1.00. The zero-order valence-electron chi connectivity index (χ0n) is 21.1. The number of phenolic OH excluding ortho intramolecular Hbond substituents is 3. The summed E-state index contributed by atoms with van der Waals surface area (Å²) in [7, 11) is 0. The molecule has 3 fully saturated rings. The number of phenols is 3. The van der Waals surface area contributed by atoms with Crippen LogP contribution >= 0.6 is 0 Å². The van der Waals surface area contributed by atoms with Crippen LogP contribution in [0.4, 0.5) is 0 Å². The number of carboxylic acids is 1. The molecule has 196 valence electrons. The number of carbonyl (C=O) groups excluding carboxylic acids is 2. The molecule has 8 nitrogen and oxygen atoms in total. The molecule has 4 aliphatic carbocycles. The number of hydrogen-bond donors (Lipinski definition) is 4. The van der Waals surface area contributed by atoms with Gasteiger partial charge in [0.15, 0.2) is 17.2 Å². The van der Waals surface area contributed by atoms with Crippen LogP contribution in [-0.2, 0) is 14.3 Å². The highest BCUT2D eigenvalue weighted by Gasteiger charge is 2.58. The van der Waals surface area contributed by atoms with Crippen molar-refractivity contribution >= 4 is 17.7 Å². The number of aromatic hydroxyl groups is 3. The van der Waals surface area contributed by atoms with Gasteiger partial charge in [-0.05, 0) is 73.8 Å². The van der Waals surface area contributed by atoms with Crippen molar-refractivity contribution in [3.8, 4) is 17.2 Å². The van der Waals surface area contributed by atoms with Crippen LogP contribution in [0.15, 0.2) is 23.8 Å². The largest absolute Gasteiger partial charge is 0.504 e. The van der Waals surface area contributed by atoms with Gasteiger partial charge in [-0.3, -0.25) is 9.59 Å². The lowest BCUT2D eigenvalue weighted by molar-refractivity contribution is -0.148. The van der Waals surface area contributed by atoms with Crippen molar-refractivity contribution in [2.24, 2.45) is 28.6 Å². The van der Waals surface area contributed by atoms with Gasteiger partial charge < -0.3 is 25.2 Å². The summed E-state index contributed by atoms with van der Waals surface area (Å²) in [6.45, 7) is 6.19. The molecule has 5 rings (SSSR count). The van der Waals surface area contributed by atoms with Crippen LogP contribution in [0.25, 0.3) is 0 Å². The second-order valence-electron chi connectivity index (χ2n) is 11.3. The molecular weight excluding hydrogens is 464 g/mol. The van der Waals surface area contributed by atoms with Crippen LogP contribution in [0, 0.1) is 28.6 Å². The molecule has 3 saturated carbocycles. The zero-order valence-corrected chi connectivity index (χ0v) is 21.1. The van der Waals surface area contributed by atoms with Crippen LogP contribution in [-0.4, -0.2) is 44.3 Å². The van der Waals surface area contributed by atoms with Crippen molar-refractivity contribution in [2.45, 2.75) is 78.2 Å². The SMILES string of the molecule is CC(=O)OC1CCC2(C)C(=CCC3C4CCC(=O)C4(C)CCC32)C1.O=C(O)c1cc(O)c(O)c(O)c1. The summed E-state index contributed by atoms with van der Waals surface area (Å²) >= 11 is 0. The maximum atomic E-state index is 12.4. The topological polar surface area (TPSA) is 141 Å². The molecule has 0 bridgehead atoms. The first-order valence-corrected chi connectivity index (χ1v) is 12.7. The summed E-state index contributed by atoms with van der Waals surface area (Å²) in [6, 6.07) is 1.69. The Bertz CT molecular complexity index is 1080. The highest BCUT2D eigenvalue weighted by molar-refractivity contribution is 5.89. The molecule has 4 aliphatic rings. The Balaban J connectivity index is 0.000000214. The zero-order chi connectivity index (χ0) is 26.4. The van der Waals surface area contributed by atoms with E-state index in [9.17, 15) is 14.4 Å². The summed E-state index contributed by atoms with van der Waals surface area (Å²) in [4.78, 5) is 34.1. The van der Waals surface area contributed by atoms with Gasteiger partial charge in [0.1, 0.15) is 11.9 Å². The lowest BCUT2D eigenvalue weighted by atomic mass is 9.48. The molecule has 0 aliphatic heterocycles. The molecule has 0 heterocycles. The fourth-order valence-electron chi connectivity index (χ4n) is 7.46. The van der Waals surface area contributed by atoms with Gasteiger partial charge in [-0.15, -0.1) is 0 Å². The highest BCUT2D eigenvalue weighted by Crippen LogP contribution is 2.64. The average Bonchev–Trinajstić information content (AvgIpc) is 3.12. The van der Waals surface area contributed by atoms with Crippen LogP contribution in [0.3, 0.4) is 0 Å². The molecule has 0 aromatic heterocycles. The number of esters is 1. The Labute approximate surface area is 211 Å². The number of rotatable bonds is 2. The number of ketones is 1. The van der Waals surface area contributed by atoms with E-state index >= 15 is 0 Å². The van der Waals surface area contributed by atoms with E-state index in [1.807, 2.05) is 0 Å². The number of carboxylic acid groups (broad SMARTS) is 1. The Hall–Kier alpha value is -3.03. The third kappa shape index (κ3) is 4.46. The van der Waals surface area contributed by atoms with Crippen LogP contribution in [0.1, 0.15) is 82.5 Å². The van der Waals surface area contributed by atoms with Gasteiger partial charge in [0.05, 0.1) is 5.56 Å².